The van der Waals surface area contributed by atoms with Crippen molar-refractivity contribution in [3.63, 3.8) is 0 Å². The summed E-state index contributed by atoms with van der Waals surface area (Å²) in [6.07, 6.45) is -3.65. The minimum atomic E-state index is -4.55. The lowest BCUT2D eigenvalue weighted by atomic mass is 10.1. The van der Waals surface area contributed by atoms with Gasteiger partial charge in [-0.15, -0.1) is 11.8 Å². The molecule has 0 atom stereocenters. The van der Waals surface area contributed by atoms with E-state index < -0.39 is 17.6 Å². The zero-order chi connectivity index (χ0) is 19.9. The standard InChI is InChI=1S/C19H19F3N2O2S/c1-2-13-7-9-14(10-8-13)23-17(25)11-27-12-18(26)24-16-6-4-3-5-15(16)19(20,21)22/h3-10H,2,11-12H2,1H3,(H,23,25)(H,24,26). The van der Waals surface area contributed by atoms with Crippen LogP contribution in [-0.4, -0.2) is 23.3 Å². The molecule has 0 aliphatic carbocycles. The number of halogens is 3. The monoisotopic (exact) mass is 396 g/mol. The van der Waals surface area contributed by atoms with Crippen molar-refractivity contribution in [3.8, 4) is 0 Å². The Labute approximate surface area is 159 Å². The highest BCUT2D eigenvalue weighted by molar-refractivity contribution is 8.00. The Morgan fingerprint density at radius 1 is 0.926 bits per heavy atom. The van der Waals surface area contributed by atoms with Gasteiger partial charge in [-0.05, 0) is 36.2 Å². The number of benzene rings is 2. The third kappa shape index (κ3) is 6.63. The van der Waals surface area contributed by atoms with Crippen molar-refractivity contribution in [2.45, 2.75) is 19.5 Å². The third-order valence-electron chi connectivity index (χ3n) is 3.62. The Morgan fingerprint density at radius 3 is 2.11 bits per heavy atom. The molecule has 27 heavy (non-hydrogen) atoms. The van der Waals surface area contributed by atoms with Gasteiger partial charge in [0.15, 0.2) is 0 Å². The molecule has 0 radical (unpaired) electrons. The first kappa shape index (κ1) is 20.8. The molecule has 2 rings (SSSR count). The molecule has 2 aromatic rings. The van der Waals surface area contributed by atoms with Crippen LogP contribution in [0.3, 0.4) is 0 Å². The number of hydrogen-bond donors (Lipinski definition) is 2. The van der Waals surface area contributed by atoms with Crippen LogP contribution in [0.5, 0.6) is 0 Å². The normalized spacial score (nSPS) is 11.1. The second-order valence-corrected chi connectivity index (χ2v) is 6.67. The molecule has 2 amide bonds. The van der Waals surface area contributed by atoms with Crippen molar-refractivity contribution >= 4 is 35.0 Å². The van der Waals surface area contributed by atoms with Crippen LogP contribution in [0.15, 0.2) is 48.5 Å². The number of anilines is 2. The predicted molar refractivity (Wildman–Crippen MR) is 102 cm³/mol. The fourth-order valence-electron chi connectivity index (χ4n) is 2.28. The van der Waals surface area contributed by atoms with E-state index in [1.807, 2.05) is 19.1 Å². The summed E-state index contributed by atoms with van der Waals surface area (Å²) in [6.45, 7) is 2.03. The molecule has 0 saturated heterocycles. The van der Waals surface area contributed by atoms with Gasteiger partial charge in [-0.1, -0.05) is 31.2 Å². The van der Waals surface area contributed by atoms with Gasteiger partial charge in [0.05, 0.1) is 22.8 Å². The van der Waals surface area contributed by atoms with Crippen molar-refractivity contribution in [2.24, 2.45) is 0 Å². The number of nitrogens with one attached hydrogen (secondary N) is 2. The molecular weight excluding hydrogens is 377 g/mol. The summed E-state index contributed by atoms with van der Waals surface area (Å²) in [5.74, 6) is -0.998. The predicted octanol–water partition coefficient (Wildman–Crippen LogP) is 4.58. The Morgan fingerprint density at radius 2 is 1.52 bits per heavy atom. The van der Waals surface area contributed by atoms with Crippen LogP contribution in [0.1, 0.15) is 18.1 Å². The van der Waals surface area contributed by atoms with E-state index >= 15 is 0 Å². The van der Waals surface area contributed by atoms with Crippen LogP contribution < -0.4 is 10.6 Å². The quantitative estimate of drug-likeness (QED) is 0.720. The molecule has 0 heterocycles. The first-order valence-corrected chi connectivity index (χ1v) is 9.37. The number of carbonyl (C=O) groups excluding carboxylic acids is 2. The van der Waals surface area contributed by atoms with E-state index in [-0.39, 0.29) is 23.1 Å². The van der Waals surface area contributed by atoms with E-state index in [1.54, 1.807) is 12.1 Å². The molecule has 4 nitrogen and oxygen atoms in total. The highest BCUT2D eigenvalue weighted by Crippen LogP contribution is 2.34. The Hall–Kier alpha value is -2.48. The minimum absolute atomic E-state index is 0.0177. The van der Waals surface area contributed by atoms with Crippen molar-refractivity contribution in [3.05, 3.63) is 59.7 Å². The largest absolute Gasteiger partial charge is 0.418 e. The van der Waals surface area contributed by atoms with Gasteiger partial charge in [0.2, 0.25) is 11.8 Å². The average molecular weight is 396 g/mol. The molecule has 0 bridgehead atoms. The second kappa shape index (κ2) is 9.45. The van der Waals surface area contributed by atoms with Gasteiger partial charge in [-0.25, -0.2) is 0 Å². The smallest absolute Gasteiger partial charge is 0.325 e. The Bertz CT molecular complexity index is 792. The number of alkyl halides is 3. The summed E-state index contributed by atoms with van der Waals surface area (Å²) in [6, 6.07) is 12.2. The molecule has 0 unspecified atom stereocenters. The van der Waals surface area contributed by atoms with Crippen LogP contribution >= 0.6 is 11.8 Å². The molecule has 0 aromatic heterocycles. The van der Waals surface area contributed by atoms with Gasteiger partial charge in [0.1, 0.15) is 0 Å². The lowest BCUT2D eigenvalue weighted by molar-refractivity contribution is -0.137. The summed E-state index contributed by atoms with van der Waals surface area (Å²) in [5, 5.41) is 4.95. The van der Waals surface area contributed by atoms with Crippen molar-refractivity contribution < 1.29 is 22.8 Å². The number of rotatable bonds is 7. The first-order chi connectivity index (χ1) is 12.8. The summed E-state index contributed by atoms with van der Waals surface area (Å²) < 4.78 is 38.7. The van der Waals surface area contributed by atoms with Crippen molar-refractivity contribution in [2.75, 3.05) is 22.1 Å². The number of hydrogen-bond acceptors (Lipinski definition) is 3. The minimum Gasteiger partial charge on any atom is -0.325 e. The van der Waals surface area contributed by atoms with Crippen LogP contribution in [0.25, 0.3) is 0 Å². The lowest BCUT2D eigenvalue weighted by Crippen LogP contribution is -2.20. The van der Waals surface area contributed by atoms with Crippen molar-refractivity contribution in [1.82, 2.24) is 0 Å². The molecular formula is C19H19F3N2O2S. The summed E-state index contributed by atoms with van der Waals surface area (Å²) in [4.78, 5) is 23.8. The van der Waals surface area contributed by atoms with Gasteiger partial charge in [0.25, 0.3) is 0 Å². The van der Waals surface area contributed by atoms with Gasteiger partial charge in [-0.2, -0.15) is 13.2 Å². The maximum absolute atomic E-state index is 12.9. The van der Waals surface area contributed by atoms with Gasteiger partial charge >= 0.3 is 6.18 Å². The van der Waals surface area contributed by atoms with E-state index in [4.69, 9.17) is 0 Å². The van der Waals surface area contributed by atoms with Gasteiger partial charge in [0, 0.05) is 5.69 Å². The number of para-hydroxylation sites is 1. The van der Waals surface area contributed by atoms with Crippen LogP contribution in [0.2, 0.25) is 0 Å². The lowest BCUT2D eigenvalue weighted by Gasteiger charge is -2.13. The zero-order valence-electron chi connectivity index (χ0n) is 14.6. The highest BCUT2D eigenvalue weighted by Gasteiger charge is 2.33. The second-order valence-electron chi connectivity index (χ2n) is 5.68. The molecule has 2 aromatic carbocycles. The van der Waals surface area contributed by atoms with Crippen molar-refractivity contribution in [1.29, 1.82) is 0 Å². The molecule has 2 N–H and O–H groups in total. The first-order valence-electron chi connectivity index (χ1n) is 8.22. The van der Waals surface area contributed by atoms with Crippen LogP contribution in [-0.2, 0) is 22.2 Å². The molecule has 0 saturated carbocycles. The molecule has 0 spiro atoms. The van der Waals surface area contributed by atoms with E-state index in [2.05, 4.69) is 10.6 Å². The summed E-state index contributed by atoms with van der Waals surface area (Å²) in [5.41, 5.74) is 0.604. The summed E-state index contributed by atoms with van der Waals surface area (Å²) >= 11 is 1.02. The van der Waals surface area contributed by atoms with E-state index in [1.165, 1.54) is 18.2 Å². The van der Waals surface area contributed by atoms with Gasteiger partial charge in [-0.3, -0.25) is 9.59 Å². The highest BCUT2D eigenvalue weighted by atomic mass is 32.2. The van der Waals surface area contributed by atoms with Gasteiger partial charge < -0.3 is 10.6 Å². The molecule has 0 aliphatic rings. The third-order valence-corrected chi connectivity index (χ3v) is 4.55. The molecule has 0 aliphatic heterocycles. The fourth-order valence-corrected chi connectivity index (χ4v) is 2.90. The van der Waals surface area contributed by atoms with Crippen LogP contribution in [0, 0.1) is 0 Å². The maximum Gasteiger partial charge on any atom is 0.418 e. The number of thioether (sulfide) groups is 1. The topological polar surface area (TPSA) is 58.2 Å². The van der Waals surface area contributed by atoms with E-state index in [9.17, 15) is 22.8 Å². The Kier molecular flexibility index (Phi) is 7.29. The Balaban J connectivity index is 1.80. The molecule has 144 valence electrons. The molecule has 8 heteroatoms. The zero-order valence-corrected chi connectivity index (χ0v) is 15.4. The average Bonchev–Trinajstić information content (AvgIpc) is 2.62. The number of aryl methyl sites for hydroxylation is 1. The number of carbonyl (C=O) groups is 2. The SMILES string of the molecule is CCc1ccc(NC(=O)CSCC(=O)Nc2ccccc2C(F)(F)F)cc1. The van der Waals surface area contributed by atoms with Crippen LogP contribution in [0.4, 0.5) is 24.5 Å². The maximum atomic E-state index is 12.9. The number of amides is 2. The summed E-state index contributed by atoms with van der Waals surface area (Å²) in [7, 11) is 0. The van der Waals surface area contributed by atoms with E-state index in [0.717, 1.165) is 29.8 Å². The van der Waals surface area contributed by atoms with E-state index in [0.29, 0.717) is 5.69 Å². The fraction of sp³-hybridized carbons (Fsp3) is 0.263. The molecule has 0 fully saturated rings.